The summed E-state index contributed by atoms with van der Waals surface area (Å²) in [6.07, 6.45) is 3.21. The van der Waals surface area contributed by atoms with Crippen molar-refractivity contribution in [3.63, 3.8) is 0 Å². The molecule has 0 aliphatic carbocycles. The van der Waals surface area contributed by atoms with Crippen molar-refractivity contribution in [1.29, 1.82) is 0 Å². The smallest absolute Gasteiger partial charge is 0.266 e. The fraction of sp³-hybridized carbons (Fsp3) is 0.600. The highest BCUT2D eigenvalue weighted by Gasteiger charge is 2.13. The van der Waals surface area contributed by atoms with Crippen LogP contribution in [-0.2, 0) is 6.54 Å². The van der Waals surface area contributed by atoms with Gasteiger partial charge in [-0.2, -0.15) is 0 Å². The molecule has 0 aliphatic heterocycles. The fourth-order valence-corrected chi connectivity index (χ4v) is 2.67. The molecule has 0 saturated heterocycles. The second-order valence-electron chi connectivity index (χ2n) is 3.86. The highest BCUT2D eigenvalue weighted by molar-refractivity contribution is 14.1. The van der Waals surface area contributed by atoms with Gasteiger partial charge in [0.05, 0.1) is 9.90 Å². The normalized spacial score (nSPS) is 13.1. The molecule has 0 spiro atoms. The van der Waals surface area contributed by atoms with Crippen molar-refractivity contribution in [3.05, 3.63) is 26.4 Å². The Hall–Kier alpha value is 0.0900. The first kappa shape index (κ1) is 13.2. The molecule has 0 aliphatic rings. The van der Waals surface area contributed by atoms with Gasteiger partial charge < -0.3 is 0 Å². The van der Waals surface area contributed by atoms with E-state index in [1.54, 1.807) is 17.1 Å². The van der Waals surface area contributed by atoms with Crippen molar-refractivity contribution in [1.82, 2.24) is 9.55 Å². The molecule has 0 fully saturated rings. The van der Waals surface area contributed by atoms with E-state index in [0.29, 0.717) is 15.4 Å². The lowest BCUT2D eigenvalue weighted by Gasteiger charge is -2.18. The molecule has 1 unspecified atom stereocenters. The van der Waals surface area contributed by atoms with E-state index in [-0.39, 0.29) is 5.56 Å². The molecule has 0 aromatic carbocycles. The van der Waals surface area contributed by atoms with Gasteiger partial charge in [0.25, 0.3) is 5.56 Å². The number of halogens is 2. The Morgan fingerprint density at radius 1 is 1.60 bits per heavy atom. The summed E-state index contributed by atoms with van der Waals surface area (Å²) in [6.45, 7) is 5.06. The van der Waals surface area contributed by atoms with E-state index in [9.17, 15) is 4.79 Å². The second kappa shape index (κ2) is 5.98. The second-order valence-corrected chi connectivity index (χ2v) is 5.67. The Morgan fingerprint density at radius 2 is 2.27 bits per heavy atom. The monoisotopic (exact) mass is 384 g/mol. The highest BCUT2D eigenvalue weighted by atomic mass is 127. The zero-order valence-corrected chi connectivity index (χ0v) is 12.5. The zero-order chi connectivity index (χ0) is 11.4. The lowest BCUT2D eigenvalue weighted by atomic mass is 9.98. The topological polar surface area (TPSA) is 34.9 Å². The van der Waals surface area contributed by atoms with E-state index in [1.807, 2.05) is 22.6 Å². The molecule has 0 N–H and O–H groups in total. The number of rotatable bonds is 4. The summed E-state index contributed by atoms with van der Waals surface area (Å²) in [4.78, 5) is 15.8. The van der Waals surface area contributed by atoms with Gasteiger partial charge in [-0.05, 0) is 34.4 Å². The van der Waals surface area contributed by atoms with E-state index >= 15 is 0 Å². The van der Waals surface area contributed by atoms with E-state index < -0.39 is 0 Å². The molecule has 1 aromatic rings. The van der Waals surface area contributed by atoms with Gasteiger partial charge in [-0.25, -0.2) is 4.98 Å². The number of aromatic nitrogens is 2. The minimum absolute atomic E-state index is 0.0530. The molecule has 1 heterocycles. The molecule has 84 valence electrons. The van der Waals surface area contributed by atoms with Crippen LogP contribution in [0.3, 0.4) is 0 Å². The summed E-state index contributed by atoms with van der Waals surface area (Å²) >= 11 is 5.50. The van der Waals surface area contributed by atoms with Crippen LogP contribution in [-0.4, -0.2) is 14.9 Å². The third-order valence-corrected chi connectivity index (χ3v) is 4.00. The van der Waals surface area contributed by atoms with Gasteiger partial charge in [0.2, 0.25) is 0 Å². The quantitative estimate of drug-likeness (QED) is 0.590. The van der Waals surface area contributed by atoms with Crippen LogP contribution in [0.25, 0.3) is 0 Å². The minimum atomic E-state index is 0.0530. The number of nitrogens with zero attached hydrogens (tertiary/aromatic N) is 2. The Labute approximate surface area is 112 Å². The van der Waals surface area contributed by atoms with Crippen molar-refractivity contribution in [2.75, 3.05) is 5.33 Å². The molecule has 0 radical (unpaired) electrons. The molecule has 15 heavy (non-hydrogen) atoms. The van der Waals surface area contributed by atoms with Gasteiger partial charge >= 0.3 is 0 Å². The van der Waals surface area contributed by atoms with Gasteiger partial charge in [-0.15, -0.1) is 0 Å². The van der Waals surface area contributed by atoms with Gasteiger partial charge in [0, 0.05) is 18.1 Å². The summed E-state index contributed by atoms with van der Waals surface area (Å²) in [5.74, 6) is 1.01. The van der Waals surface area contributed by atoms with Crippen LogP contribution in [0, 0.1) is 15.4 Å². The lowest BCUT2D eigenvalue weighted by molar-refractivity contribution is 0.366. The zero-order valence-electron chi connectivity index (χ0n) is 8.78. The average Bonchev–Trinajstić information content (AvgIpc) is 2.19. The van der Waals surface area contributed by atoms with Crippen LogP contribution in [0.2, 0.25) is 0 Å². The van der Waals surface area contributed by atoms with E-state index in [1.165, 1.54) is 0 Å². The predicted molar refractivity (Wildman–Crippen MR) is 73.3 cm³/mol. The molecule has 1 aromatic heterocycles. The Kier molecular flexibility index (Phi) is 5.25. The van der Waals surface area contributed by atoms with Crippen LogP contribution >= 0.6 is 38.5 Å². The summed E-state index contributed by atoms with van der Waals surface area (Å²) in [7, 11) is 0. The Bertz CT molecular complexity index is 378. The molecular weight excluding hydrogens is 371 g/mol. The molecule has 5 heteroatoms. The molecule has 0 bridgehead atoms. The maximum absolute atomic E-state index is 11.7. The van der Waals surface area contributed by atoms with E-state index in [2.05, 4.69) is 34.8 Å². The van der Waals surface area contributed by atoms with Crippen LogP contribution < -0.4 is 5.56 Å². The minimum Gasteiger partial charge on any atom is -0.298 e. The molecular formula is C10H14BrIN2O. The van der Waals surface area contributed by atoms with Crippen molar-refractivity contribution < 1.29 is 0 Å². The first-order valence-corrected chi connectivity index (χ1v) is 7.02. The predicted octanol–water partition coefficient (Wildman–Crippen LogP) is 2.52. The van der Waals surface area contributed by atoms with Crippen LogP contribution in [0.15, 0.2) is 17.3 Å². The van der Waals surface area contributed by atoms with Gasteiger partial charge in [0.1, 0.15) is 0 Å². The lowest BCUT2D eigenvalue weighted by Crippen LogP contribution is -2.28. The molecule has 0 saturated carbocycles. The van der Waals surface area contributed by atoms with E-state index in [0.717, 1.165) is 11.9 Å². The molecule has 0 amide bonds. The summed E-state index contributed by atoms with van der Waals surface area (Å²) < 4.78 is 2.36. The largest absolute Gasteiger partial charge is 0.298 e. The van der Waals surface area contributed by atoms with E-state index in [4.69, 9.17) is 0 Å². The Balaban J connectivity index is 2.89. The van der Waals surface area contributed by atoms with Crippen LogP contribution in [0.5, 0.6) is 0 Å². The van der Waals surface area contributed by atoms with Crippen molar-refractivity contribution in [2.24, 2.45) is 11.8 Å². The SMILES string of the molecule is CC(C)C(CBr)Cn1cncc(I)c1=O. The summed E-state index contributed by atoms with van der Waals surface area (Å²) in [6, 6.07) is 0. The van der Waals surface area contributed by atoms with Crippen LogP contribution in [0.4, 0.5) is 0 Å². The summed E-state index contributed by atoms with van der Waals surface area (Å²) in [5, 5.41) is 0.905. The van der Waals surface area contributed by atoms with Crippen LogP contribution in [0.1, 0.15) is 13.8 Å². The molecule has 1 atom stereocenters. The Morgan fingerprint density at radius 3 is 2.80 bits per heavy atom. The summed E-state index contributed by atoms with van der Waals surface area (Å²) in [5.41, 5.74) is 0.0530. The maximum Gasteiger partial charge on any atom is 0.266 e. The van der Waals surface area contributed by atoms with Crippen molar-refractivity contribution >= 4 is 38.5 Å². The number of hydrogen-bond acceptors (Lipinski definition) is 2. The molecule has 3 nitrogen and oxygen atoms in total. The number of hydrogen-bond donors (Lipinski definition) is 0. The first-order chi connectivity index (χ1) is 7.06. The highest BCUT2D eigenvalue weighted by Crippen LogP contribution is 2.15. The van der Waals surface area contributed by atoms with Gasteiger partial charge in [-0.3, -0.25) is 9.36 Å². The van der Waals surface area contributed by atoms with Crippen molar-refractivity contribution in [2.45, 2.75) is 20.4 Å². The molecule has 1 rings (SSSR count). The number of alkyl halides is 1. The van der Waals surface area contributed by atoms with Crippen molar-refractivity contribution in [3.8, 4) is 0 Å². The van der Waals surface area contributed by atoms with Gasteiger partial charge in [-0.1, -0.05) is 29.8 Å². The third-order valence-electron chi connectivity index (χ3n) is 2.43. The first-order valence-electron chi connectivity index (χ1n) is 4.82. The standard InChI is InChI=1S/C10H14BrIN2O/c1-7(2)8(3-11)5-14-6-13-4-9(12)10(14)15/h4,6-8H,3,5H2,1-2H3. The van der Waals surface area contributed by atoms with Gasteiger partial charge in [0.15, 0.2) is 0 Å². The third kappa shape index (κ3) is 3.55. The fourth-order valence-electron chi connectivity index (χ4n) is 1.24. The average molecular weight is 385 g/mol. The maximum atomic E-state index is 11.7.